The van der Waals surface area contributed by atoms with Gasteiger partial charge in [0, 0.05) is 5.56 Å². The van der Waals surface area contributed by atoms with Crippen LogP contribution in [-0.2, 0) is 0 Å². The minimum atomic E-state index is -0.500. The van der Waals surface area contributed by atoms with Crippen LogP contribution in [-0.4, -0.2) is 6.61 Å². The quantitative estimate of drug-likeness (QED) is 0.323. The standard InChI is InChI=1S/C30H32ClFO/c1-3-5-21-6-8-22(9-7-21)23-10-12-24(13-11-23)25-14-16-26(17-15-25)27-18-19-28(33-20-4-2)30(32)29(27)31/h8,10-19,21H,3-7,9,20H2,1-2H3. The Hall–Kier alpha value is -2.58. The van der Waals surface area contributed by atoms with Crippen LogP contribution in [0.1, 0.15) is 57.9 Å². The van der Waals surface area contributed by atoms with Crippen molar-refractivity contribution in [1.29, 1.82) is 0 Å². The number of hydrogen-bond donors (Lipinski definition) is 0. The number of hydrogen-bond acceptors (Lipinski definition) is 1. The fourth-order valence-corrected chi connectivity index (χ4v) is 4.88. The number of ether oxygens (including phenoxy) is 1. The molecule has 0 aliphatic heterocycles. The van der Waals surface area contributed by atoms with Crippen LogP contribution in [0.25, 0.3) is 27.8 Å². The maximum absolute atomic E-state index is 14.6. The van der Waals surface area contributed by atoms with Crippen molar-refractivity contribution in [2.75, 3.05) is 6.61 Å². The zero-order chi connectivity index (χ0) is 23.2. The van der Waals surface area contributed by atoms with E-state index in [0.717, 1.165) is 23.5 Å². The molecule has 0 heterocycles. The molecule has 0 fully saturated rings. The molecule has 0 N–H and O–H groups in total. The van der Waals surface area contributed by atoms with Gasteiger partial charge in [-0.05, 0) is 71.6 Å². The second-order valence-corrected chi connectivity index (χ2v) is 9.28. The lowest BCUT2D eigenvalue weighted by Gasteiger charge is -2.21. The molecule has 0 saturated heterocycles. The van der Waals surface area contributed by atoms with Crippen LogP contribution in [0.5, 0.6) is 5.75 Å². The lowest BCUT2D eigenvalue weighted by atomic mass is 9.84. The van der Waals surface area contributed by atoms with Crippen LogP contribution in [0.15, 0.2) is 66.7 Å². The summed E-state index contributed by atoms with van der Waals surface area (Å²) in [7, 11) is 0. The zero-order valence-electron chi connectivity index (χ0n) is 19.5. The van der Waals surface area contributed by atoms with E-state index in [4.69, 9.17) is 16.3 Å². The maximum atomic E-state index is 14.6. The average molecular weight is 463 g/mol. The lowest BCUT2D eigenvalue weighted by Crippen LogP contribution is -2.04. The molecule has 1 aliphatic carbocycles. The molecule has 1 atom stereocenters. The summed E-state index contributed by atoms with van der Waals surface area (Å²) in [4.78, 5) is 0. The fourth-order valence-electron chi connectivity index (χ4n) is 4.62. The highest BCUT2D eigenvalue weighted by molar-refractivity contribution is 6.33. The maximum Gasteiger partial charge on any atom is 0.184 e. The van der Waals surface area contributed by atoms with Gasteiger partial charge < -0.3 is 4.74 Å². The SMILES string of the molecule is CCCOc1ccc(-c2ccc(-c3ccc(C4=CCC(CCC)CC4)cc3)cc2)c(Cl)c1F. The Morgan fingerprint density at radius 2 is 1.48 bits per heavy atom. The highest BCUT2D eigenvalue weighted by Crippen LogP contribution is 2.36. The summed E-state index contributed by atoms with van der Waals surface area (Å²) in [6, 6.07) is 20.4. The van der Waals surface area contributed by atoms with E-state index in [-0.39, 0.29) is 10.8 Å². The van der Waals surface area contributed by atoms with Crippen molar-refractivity contribution in [3.8, 4) is 28.0 Å². The molecule has 172 valence electrons. The molecule has 0 spiro atoms. The Kier molecular flexibility index (Phi) is 7.88. The van der Waals surface area contributed by atoms with Crippen molar-refractivity contribution >= 4 is 17.2 Å². The summed E-state index contributed by atoms with van der Waals surface area (Å²) in [6.07, 6.45) is 9.57. The fraction of sp³-hybridized carbons (Fsp3) is 0.333. The molecular weight excluding hydrogens is 431 g/mol. The van der Waals surface area contributed by atoms with E-state index in [2.05, 4.69) is 49.4 Å². The highest BCUT2D eigenvalue weighted by atomic mass is 35.5. The van der Waals surface area contributed by atoms with Gasteiger partial charge in [0.15, 0.2) is 11.6 Å². The summed E-state index contributed by atoms with van der Waals surface area (Å²) >= 11 is 6.33. The Morgan fingerprint density at radius 1 is 0.848 bits per heavy atom. The number of allylic oxidation sites excluding steroid dienone is 2. The molecule has 33 heavy (non-hydrogen) atoms. The third-order valence-corrected chi connectivity index (χ3v) is 6.88. The summed E-state index contributed by atoms with van der Waals surface area (Å²) in [5.41, 5.74) is 6.67. The smallest absolute Gasteiger partial charge is 0.184 e. The van der Waals surface area contributed by atoms with Crippen LogP contribution in [0.2, 0.25) is 5.02 Å². The first kappa shape index (κ1) is 23.6. The van der Waals surface area contributed by atoms with Gasteiger partial charge in [0.25, 0.3) is 0 Å². The molecule has 1 aliphatic rings. The normalized spacial score (nSPS) is 15.9. The molecule has 4 rings (SSSR count). The number of halogens is 2. The predicted octanol–water partition coefficient (Wildman–Crippen LogP) is 9.59. The zero-order valence-corrected chi connectivity index (χ0v) is 20.3. The second kappa shape index (κ2) is 11.0. The van der Waals surface area contributed by atoms with Crippen LogP contribution in [0.3, 0.4) is 0 Å². The Balaban J connectivity index is 1.48. The minimum Gasteiger partial charge on any atom is -0.490 e. The van der Waals surface area contributed by atoms with E-state index in [0.29, 0.717) is 12.2 Å². The molecule has 3 aromatic rings. The van der Waals surface area contributed by atoms with Crippen molar-refractivity contribution in [3.63, 3.8) is 0 Å². The number of rotatable bonds is 8. The largest absolute Gasteiger partial charge is 0.490 e. The van der Waals surface area contributed by atoms with Crippen LogP contribution in [0.4, 0.5) is 4.39 Å². The lowest BCUT2D eigenvalue weighted by molar-refractivity contribution is 0.301. The summed E-state index contributed by atoms with van der Waals surface area (Å²) in [5, 5.41) is 0.0997. The van der Waals surface area contributed by atoms with Gasteiger partial charge in [-0.3, -0.25) is 0 Å². The third kappa shape index (κ3) is 5.50. The highest BCUT2D eigenvalue weighted by Gasteiger charge is 2.16. The van der Waals surface area contributed by atoms with Gasteiger partial charge >= 0.3 is 0 Å². The summed E-state index contributed by atoms with van der Waals surface area (Å²) in [5.74, 6) is 0.565. The molecule has 0 radical (unpaired) electrons. The van der Waals surface area contributed by atoms with Crippen molar-refractivity contribution in [2.45, 2.75) is 52.4 Å². The van der Waals surface area contributed by atoms with E-state index in [1.165, 1.54) is 48.8 Å². The Bertz CT molecular complexity index is 1100. The molecule has 0 aromatic heterocycles. The van der Waals surface area contributed by atoms with E-state index >= 15 is 0 Å². The van der Waals surface area contributed by atoms with Crippen molar-refractivity contribution < 1.29 is 9.13 Å². The van der Waals surface area contributed by atoms with Crippen molar-refractivity contribution in [1.82, 2.24) is 0 Å². The molecule has 1 nitrogen and oxygen atoms in total. The topological polar surface area (TPSA) is 9.23 Å². The Labute approximate surface area is 202 Å². The molecular formula is C30H32ClFO. The van der Waals surface area contributed by atoms with Crippen LogP contribution in [0, 0.1) is 11.7 Å². The molecule has 0 amide bonds. The van der Waals surface area contributed by atoms with Crippen molar-refractivity contribution in [2.24, 2.45) is 5.92 Å². The summed E-state index contributed by atoms with van der Waals surface area (Å²) < 4.78 is 20.0. The van der Waals surface area contributed by atoms with Gasteiger partial charge in [0.1, 0.15) is 0 Å². The molecule has 0 bridgehead atoms. The first-order valence-corrected chi connectivity index (χ1v) is 12.5. The van der Waals surface area contributed by atoms with Gasteiger partial charge in [0.2, 0.25) is 0 Å². The van der Waals surface area contributed by atoms with Crippen molar-refractivity contribution in [3.05, 3.63) is 83.1 Å². The van der Waals surface area contributed by atoms with Gasteiger partial charge in [-0.15, -0.1) is 0 Å². The first-order chi connectivity index (χ1) is 16.1. The summed E-state index contributed by atoms with van der Waals surface area (Å²) in [6.45, 7) is 4.73. The number of benzene rings is 3. The minimum absolute atomic E-state index is 0.0997. The van der Waals surface area contributed by atoms with Gasteiger partial charge in [-0.2, -0.15) is 0 Å². The second-order valence-electron chi connectivity index (χ2n) is 8.90. The van der Waals surface area contributed by atoms with Crippen LogP contribution >= 0.6 is 11.6 Å². The van der Waals surface area contributed by atoms with E-state index in [1.807, 2.05) is 25.1 Å². The third-order valence-electron chi connectivity index (χ3n) is 6.51. The average Bonchev–Trinajstić information content (AvgIpc) is 2.86. The van der Waals surface area contributed by atoms with E-state index < -0.39 is 5.82 Å². The molecule has 0 saturated carbocycles. The van der Waals surface area contributed by atoms with Gasteiger partial charge in [-0.1, -0.05) is 92.9 Å². The predicted molar refractivity (Wildman–Crippen MR) is 138 cm³/mol. The van der Waals surface area contributed by atoms with E-state index in [9.17, 15) is 4.39 Å². The van der Waals surface area contributed by atoms with Crippen LogP contribution < -0.4 is 4.74 Å². The van der Waals surface area contributed by atoms with Gasteiger partial charge in [-0.25, -0.2) is 4.39 Å². The van der Waals surface area contributed by atoms with E-state index in [1.54, 1.807) is 6.07 Å². The van der Waals surface area contributed by atoms with Gasteiger partial charge in [0.05, 0.1) is 11.6 Å². The molecule has 1 unspecified atom stereocenters. The molecule has 3 aromatic carbocycles. The Morgan fingerprint density at radius 3 is 2.06 bits per heavy atom. The monoisotopic (exact) mass is 462 g/mol. The first-order valence-electron chi connectivity index (χ1n) is 12.1. The molecule has 3 heteroatoms.